The van der Waals surface area contributed by atoms with Crippen LogP contribution in [0.25, 0.3) is 4.96 Å². The molecule has 136 valence electrons. The number of hydrogen-bond donors (Lipinski definition) is 1. The van der Waals surface area contributed by atoms with Gasteiger partial charge in [-0.25, -0.2) is 0 Å². The van der Waals surface area contributed by atoms with E-state index < -0.39 is 17.8 Å². The Labute approximate surface area is 151 Å². The lowest BCUT2D eigenvalue weighted by Crippen LogP contribution is -2.17. The third-order valence-corrected chi connectivity index (χ3v) is 4.79. The Kier molecular flexibility index (Phi) is 5.08. The van der Waals surface area contributed by atoms with Crippen LogP contribution in [-0.4, -0.2) is 37.8 Å². The number of fused-ring (bicyclic) bond motifs is 1. The zero-order valence-corrected chi connectivity index (χ0v) is 14.2. The van der Waals surface area contributed by atoms with Crippen molar-refractivity contribution in [3.05, 3.63) is 40.8 Å². The molecule has 0 bridgehead atoms. The van der Waals surface area contributed by atoms with Crippen molar-refractivity contribution in [1.29, 1.82) is 0 Å². The summed E-state index contributed by atoms with van der Waals surface area (Å²) < 4.78 is 41.5. The number of benzene rings is 1. The lowest BCUT2D eigenvalue weighted by molar-refractivity contribution is -0.274. The average Bonchev–Trinajstić information content (AvgIpc) is 2.98. The summed E-state index contributed by atoms with van der Waals surface area (Å²) in [5.74, 6) is -0.786. The van der Waals surface area contributed by atoms with Gasteiger partial charge in [-0.1, -0.05) is 23.1 Å². The lowest BCUT2D eigenvalue weighted by Gasteiger charge is -2.09. The van der Waals surface area contributed by atoms with Crippen molar-refractivity contribution in [2.24, 2.45) is 0 Å². The van der Waals surface area contributed by atoms with Crippen molar-refractivity contribution in [1.82, 2.24) is 19.8 Å². The molecule has 0 aliphatic heterocycles. The van der Waals surface area contributed by atoms with Gasteiger partial charge in [0.2, 0.25) is 10.9 Å². The fourth-order valence-electron chi connectivity index (χ4n) is 1.78. The first-order valence-corrected chi connectivity index (χ1v) is 8.60. The first-order valence-electron chi connectivity index (χ1n) is 6.80. The normalized spacial score (nSPS) is 11.5. The molecule has 0 atom stereocenters. The van der Waals surface area contributed by atoms with Crippen LogP contribution in [0.3, 0.4) is 0 Å². The minimum atomic E-state index is -4.77. The number of carbonyl (C=O) groups is 1. The van der Waals surface area contributed by atoms with Crippen LogP contribution in [0, 0.1) is 0 Å². The van der Waals surface area contributed by atoms with Gasteiger partial charge in [-0.2, -0.15) is 9.61 Å². The van der Waals surface area contributed by atoms with E-state index in [-0.39, 0.29) is 11.5 Å². The molecule has 1 N–H and O–H groups in total. The van der Waals surface area contributed by atoms with Crippen LogP contribution in [-0.2, 0) is 4.79 Å². The topological polar surface area (TPSA) is 98.5 Å². The summed E-state index contributed by atoms with van der Waals surface area (Å²) in [5, 5.41) is 13.8. The number of carbonyl (C=O) groups excluding carboxylic acids is 1. The largest absolute Gasteiger partial charge is 0.573 e. The highest BCUT2D eigenvalue weighted by atomic mass is 32.2. The third-order valence-electron chi connectivity index (χ3n) is 2.76. The van der Waals surface area contributed by atoms with E-state index in [9.17, 15) is 22.8 Å². The van der Waals surface area contributed by atoms with E-state index >= 15 is 0 Å². The monoisotopic (exact) mass is 403 g/mol. The van der Waals surface area contributed by atoms with E-state index in [1.807, 2.05) is 0 Å². The molecule has 0 aliphatic carbocycles. The molecule has 0 radical (unpaired) electrons. The van der Waals surface area contributed by atoms with Crippen LogP contribution >= 0.6 is 23.1 Å². The molecule has 0 aliphatic rings. The molecule has 0 saturated carbocycles. The van der Waals surface area contributed by atoms with Crippen molar-refractivity contribution >= 4 is 39.7 Å². The van der Waals surface area contributed by atoms with Gasteiger partial charge in [0, 0.05) is 5.69 Å². The zero-order valence-electron chi connectivity index (χ0n) is 12.6. The standard InChI is InChI=1S/C13H8F3N5O3S2/c14-13(15,16)24-8-3-1-7(2-4-8)18-9(22)6-25-12-20-21-10(23)5-17-19-11(21)26-12/h1-5H,6H2,(H,18,22). The molecule has 3 rings (SSSR count). The molecule has 1 aromatic carbocycles. The fraction of sp³-hybridized carbons (Fsp3) is 0.154. The highest BCUT2D eigenvalue weighted by molar-refractivity contribution is 8.01. The maximum absolute atomic E-state index is 12.1. The molecule has 2 heterocycles. The van der Waals surface area contributed by atoms with Crippen molar-refractivity contribution in [2.75, 3.05) is 11.1 Å². The predicted octanol–water partition coefficient (Wildman–Crippen LogP) is 2.18. The summed E-state index contributed by atoms with van der Waals surface area (Å²) >= 11 is 2.19. The molecule has 0 unspecified atom stereocenters. The summed E-state index contributed by atoms with van der Waals surface area (Å²) in [7, 11) is 0. The third kappa shape index (κ3) is 4.70. The Hall–Kier alpha value is -2.67. The van der Waals surface area contributed by atoms with Gasteiger partial charge in [0.05, 0.1) is 5.75 Å². The quantitative estimate of drug-likeness (QED) is 0.652. The number of ether oxygens (including phenoxy) is 1. The van der Waals surface area contributed by atoms with Gasteiger partial charge < -0.3 is 10.1 Å². The Balaban J connectivity index is 1.56. The van der Waals surface area contributed by atoms with Gasteiger partial charge in [0.25, 0.3) is 5.56 Å². The summed E-state index contributed by atoms with van der Waals surface area (Å²) in [6.07, 6.45) is -3.75. The molecule has 26 heavy (non-hydrogen) atoms. The second-order valence-electron chi connectivity index (χ2n) is 4.65. The van der Waals surface area contributed by atoms with Crippen LogP contribution in [0.15, 0.2) is 39.6 Å². The maximum Gasteiger partial charge on any atom is 0.573 e. The van der Waals surface area contributed by atoms with E-state index in [1.165, 1.54) is 12.1 Å². The second kappa shape index (κ2) is 7.29. The number of thioether (sulfide) groups is 1. The summed E-state index contributed by atoms with van der Waals surface area (Å²) in [5.41, 5.74) is -0.111. The van der Waals surface area contributed by atoms with Crippen molar-refractivity contribution in [3.63, 3.8) is 0 Å². The van der Waals surface area contributed by atoms with Crippen molar-refractivity contribution in [3.8, 4) is 5.75 Å². The molecule has 8 nitrogen and oxygen atoms in total. The molecule has 2 aromatic heterocycles. The molecule has 13 heteroatoms. The van der Waals surface area contributed by atoms with E-state index in [2.05, 4.69) is 25.3 Å². The molecular formula is C13H8F3N5O3S2. The van der Waals surface area contributed by atoms with E-state index in [0.717, 1.165) is 45.9 Å². The van der Waals surface area contributed by atoms with Crippen molar-refractivity contribution in [2.45, 2.75) is 10.7 Å². The first kappa shape index (κ1) is 18.1. The van der Waals surface area contributed by atoms with Crippen LogP contribution in [0.4, 0.5) is 18.9 Å². The van der Waals surface area contributed by atoms with Gasteiger partial charge >= 0.3 is 6.36 Å². The average molecular weight is 403 g/mol. The minimum Gasteiger partial charge on any atom is -0.406 e. The minimum absolute atomic E-state index is 0.0111. The SMILES string of the molecule is O=C(CSc1nn2c(=O)cnnc2s1)Nc1ccc(OC(F)(F)F)cc1. The van der Waals surface area contributed by atoms with Crippen LogP contribution in [0.1, 0.15) is 0 Å². The fourth-order valence-corrected chi connectivity index (χ4v) is 3.46. The molecule has 0 saturated heterocycles. The van der Waals surface area contributed by atoms with Crippen LogP contribution < -0.4 is 15.6 Å². The van der Waals surface area contributed by atoms with Crippen LogP contribution in [0.5, 0.6) is 5.75 Å². The molecular weight excluding hydrogens is 395 g/mol. The Morgan fingerprint density at radius 3 is 2.69 bits per heavy atom. The Morgan fingerprint density at radius 1 is 1.31 bits per heavy atom. The summed E-state index contributed by atoms with van der Waals surface area (Å²) in [6.45, 7) is 0. The van der Waals surface area contributed by atoms with E-state index in [0.29, 0.717) is 15.0 Å². The number of halogens is 3. The number of amides is 1. The molecule has 3 aromatic rings. The number of alkyl halides is 3. The number of rotatable bonds is 5. The van der Waals surface area contributed by atoms with Gasteiger partial charge in [0.15, 0.2) is 4.34 Å². The zero-order chi connectivity index (χ0) is 18.7. The number of nitrogens with zero attached hydrogens (tertiary/aromatic N) is 4. The van der Waals surface area contributed by atoms with Gasteiger partial charge in [0.1, 0.15) is 11.9 Å². The van der Waals surface area contributed by atoms with E-state index in [4.69, 9.17) is 0 Å². The van der Waals surface area contributed by atoms with Crippen molar-refractivity contribution < 1.29 is 22.7 Å². The second-order valence-corrected chi connectivity index (χ2v) is 6.83. The highest BCUT2D eigenvalue weighted by Crippen LogP contribution is 2.25. The predicted molar refractivity (Wildman–Crippen MR) is 87.4 cm³/mol. The number of anilines is 1. The summed E-state index contributed by atoms with van der Waals surface area (Å²) in [4.78, 5) is 23.7. The lowest BCUT2D eigenvalue weighted by atomic mass is 10.3. The van der Waals surface area contributed by atoms with Gasteiger partial charge in [-0.15, -0.1) is 23.4 Å². The maximum atomic E-state index is 12.1. The van der Waals surface area contributed by atoms with Gasteiger partial charge in [-0.05, 0) is 24.3 Å². The molecule has 0 fully saturated rings. The Morgan fingerprint density at radius 2 is 2.04 bits per heavy atom. The van der Waals surface area contributed by atoms with E-state index in [1.54, 1.807) is 0 Å². The highest BCUT2D eigenvalue weighted by Gasteiger charge is 2.30. The summed E-state index contributed by atoms with van der Waals surface area (Å²) in [6, 6.07) is 4.76. The van der Waals surface area contributed by atoms with Gasteiger partial charge in [-0.3, -0.25) is 9.59 Å². The smallest absolute Gasteiger partial charge is 0.406 e. The number of aromatic nitrogens is 4. The number of nitrogens with one attached hydrogen (secondary N) is 1. The van der Waals surface area contributed by atoms with Crippen LogP contribution in [0.2, 0.25) is 0 Å². The molecule has 0 spiro atoms. The first-order chi connectivity index (χ1) is 12.3. The number of hydrogen-bond acceptors (Lipinski definition) is 8. The molecule has 1 amide bonds. The Bertz CT molecular complexity index is 987.